The molecule has 4 aromatic rings. The van der Waals surface area contributed by atoms with Gasteiger partial charge in [0, 0.05) is 31.2 Å². The van der Waals surface area contributed by atoms with Crippen LogP contribution in [0, 0.1) is 0 Å². The summed E-state index contributed by atoms with van der Waals surface area (Å²) in [5.74, 6) is 5.51. The van der Waals surface area contributed by atoms with Gasteiger partial charge in [-0.1, -0.05) is 18.2 Å². The van der Waals surface area contributed by atoms with Crippen LogP contribution in [-0.2, 0) is 25.7 Å². The Kier molecular flexibility index (Phi) is 8.20. The highest BCUT2D eigenvalue weighted by Gasteiger charge is 2.42. The number of benzene rings is 4. The average Bonchev–Trinajstić information content (AvgIpc) is 3.07. The summed E-state index contributed by atoms with van der Waals surface area (Å²) in [6.45, 7) is 2.00. The van der Waals surface area contributed by atoms with Gasteiger partial charge < -0.3 is 37.4 Å². The highest BCUT2D eigenvalue weighted by atomic mass is 16.5. The van der Waals surface area contributed by atoms with Gasteiger partial charge in [-0.3, -0.25) is 0 Å². The van der Waals surface area contributed by atoms with E-state index in [1.54, 1.807) is 28.4 Å². The second-order valence-electron chi connectivity index (χ2n) is 14.5. The highest BCUT2D eigenvalue weighted by Crippen LogP contribution is 2.53. The van der Waals surface area contributed by atoms with Gasteiger partial charge in [-0.25, -0.2) is 0 Å². The molecule has 0 unspecified atom stereocenters. The second kappa shape index (κ2) is 12.2. The van der Waals surface area contributed by atoms with Gasteiger partial charge in [0.05, 0.1) is 75.3 Å². The molecular weight excluding hydrogens is 604 g/mol. The molecular formula is C40H48N2O6+2. The van der Waals surface area contributed by atoms with Gasteiger partial charge in [-0.15, -0.1) is 0 Å². The average molecular weight is 653 g/mol. The summed E-state index contributed by atoms with van der Waals surface area (Å²) in [5, 5.41) is 0. The molecule has 4 aliphatic heterocycles. The van der Waals surface area contributed by atoms with Crippen LogP contribution in [0.25, 0.3) is 0 Å². The van der Waals surface area contributed by atoms with Crippen molar-refractivity contribution in [2.45, 2.75) is 37.8 Å². The first kappa shape index (κ1) is 32.2. The van der Waals surface area contributed by atoms with E-state index in [1.165, 1.54) is 22.3 Å². The van der Waals surface area contributed by atoms with Crippen molar-refractivity contribution in [3.63, 3.8) is 0 Å². The van der Waals surface area contributed by atoms with Crippen molar-refractivity contribution in [3.8, 4) is 46.0 Å². The van der Waals surface area contributed by atoms with Crippen LogP contribution in [0.2, 0.25) is 0 Å². The van der Waals surface area contributed by atoms with Crippen LogP contribution in [0.3, 0.4) is 0 Å². The van der Waals surface area contributed by atoms with Crippen molar-refractivity contribution >= 4 is 0 Å². The first-order valence-corrected chi connectivity index (χ1v) is 16.8. The lowest BCUT2D eigenvalue weighted by Crippen LogP contribution is -2.49. The third-order valence-electron chi connectivity index (χ3n) is 10.9. The normalized spacial score (nSPS) is 20.2. The van der Waals surface area contributed by atoms with Crippen molar-refractivity contribution < 1.29 is 37.4 Å². The monoisotopic (exact) mass is 652 g/mol. The van der Waals surface area contributed by atoms with Crippen molar-refractivity contribution in [1.29, 1.82) is 0 Å². The summed E-state index contributed by atoms with van der Waals surface area (Å²) in [5.41, 5.74) is 7.31. The minimum Gasteiger partial charge on any atom is -0.493 e. The first-order valence-electron chi connectivity index (χ1n) is 16.8. The highest BCUT2D eigenvalue weighted by molar-refractivity contribution is 5.63. The van der Waals surface area contributed by atoms with Crippen molar-refractivity contribution in [2.75, 3.05) is 69.7 Å². The number of hydrogen-bond acceptors (Lipinski definition) is 6. The summed E-state index contributed by atoms with van der Waals surface area (Å²) in [4.78, 5) is 0. The zero-order chi connectivity index (χ0) is 33.8. The maximum atomic E-state index is 7.14. The Morgan fingerprint density at radius 2 is 1.19 bits per heavy atom. The molecule has 0 fully saturated rings. The number of hydrogen-bond donors (Lipinski definition) is 0. The molecule has 0 amide bonds. The predicted molar refractivity (Wildman–Crippen MR) is 186 cm³/mol. The van der Waals surface area contributed by atoms with E-state index in [-0.39, 0.29) is 12.1 Å². The van der Waals surface area contributed by atoms with Gasteiger partial charge in [0.25, 0.3) is 0 Å². The Bertz CT molecular complexity index is 1850. The third-order valence-corrected chi connectivity index (χ3v) is 10.9. The van der Waals surface area contributed by atoms with Gasteiger partial charge in [0.1, 0.15) is 17.8 Å². The van der Waals surface area contributed by atoms with E-state index in [9.17, 15) is 0 Å². The van der Waals surface area contributed by atoms with Crippen molar-refractivity contribution in [2.24, 2.45) is 0 Å². The number of quaternary nitrogens is 2. The number of rotatable bonds is 4. The Hall–Kier alpha value is -4.40. The van der Waals surface area contributed by atoms with Crippen LogP contribution in [0.1, 0.15) is 45.5 Å². The second-order valence-corrected chi connectivity index (χ2v) is 14.5. The lowest BCUT2D eigenvalue weighted by Gasteiger charge is -2.44. The minimum atomic E-state index is 0.0509. The topological polar surface area (TPSA) is 55.4 Å². The SMILES string of the molecule is COc1ccc2cc1Oc1ccc(cc1)C[C@H]1c3cc(c(OC)cc3CC[N+]1(C)C)Oc1c(OC)c(OC)cc3c1[C@H](C2)[N+](C)(C)CC3. The van der Waals surface area contributed by atoms with Crippen LogP contribution < -0.4 is 28.4 Å². The van der Waals surface area contributed by atoms with Crippen LogP contribution >= 0.6 is 0 Å². The first-order chi connectivity index (χ1) is 23.0. The molecule has 0 spiro atoms. The lowest BCUT2D eigenvalue weighted by molar-refractivity contribution is -0.923. The fourth-order valence-electron chi connectivity index (χ4n) is 7.95. The summed E-state index contributed by atoms with van der Waals surface area (Å²) >= 11 is 0. The minimum absolute atomic E-state index is 0.0509. The van der Waals surface area contributed by atoms with Crippen molar-refractivity contribution in [1.82, 2.24) is 0 Å². The maximum Gasteiger partial charge on any atom is 0.204 e. The van der Waals surface area contributed by atoms with Gasteiger partial charge in [-0.2, -0.15) is 0 Å². The molecule has 8 nitrogen and oxygen atoms in total. The van der Waals surface area contributed by atoms with Gasteiger partial charge >= 0.3 is 0 Å². The Labute approximate surface area is 284 Å². The van der Waals surface area contributed by atoms with Crippen LogP contribution in [0.15, 0.2) is 60.7 Å². The van der Waals surface area contributed by atoms with E-state index >= 15 is 0 Å². The fourth-order valence-corrected chi connectivity index (χ4v) is 7.95. The Balaban J connectivity index is 1.50. The standard InChI is InChI=1S/C40H48N2O6/c1-41(2)17-15-27-22-34(44-6)36-24-30(27)31(41)19-25-9-12-29(13-10-25)47-35-21-26(11-14-33(35)43-5)20-32-38-28(16-18-42(32,3)4)23-37(45-7)39(46-8)40(38)48-36/h9-14,21-24,31-32H,15-20H2,1-8H3/q+2/t31-,32-/m0/s1. The van der Waals surface area contributed by atoms with Gasteiger partial charge in [0.2, 0.25) is 5.75 Å². The molecule has 0 aliphatic carbocycles. The molecule has 48 heavy (non-hydrogen) atoms. The smallest absolute Gasteiger partial charge is 0.204 e. The summed E-state index contributed by atoms with van der Waals surface area (Å²) in [7, 11) is 16.0. The lowest BCUT2D eigenvalue weighted by atomic mass is 9.85. The van der Waals surface area contributed by atoms with Crippen LogP contribution in [0.4, 0.5) is 0 Å². The zero-order valence-corrected chi connectivity index (χ0v) is 29.5. The zero-order valence-electron chi connectivity index (χ0n) is 29.5. The number of methoxy groups -OCH3 is 4. The number of nitrogens with zero attached hydrogens (tertiary/aromatic N) is 2. The molecule has 4 aliphatic rings. The summed E-state index contributed by atoms with van der Waals surface area (Å²) in [6, 6.07) is 21.6. The van der Waals surface area contributed by atoms with E-state index in [1.807, 2.05) is 6.07 Å². The summed E-state index contributed by atoms with van der Waals surface area (Å²) < 4.78 is 39.1. The molecule has 6 bridgehead atoms. The van der Waals surface area contributed by atoms with Gasteiger partial charge in [-0.05, 0) is 64.7 Å². The molecule has 0 saturated heterocycles. The molecule has 0 N–H and O–H groups in total. The molecule has 8 heteroatoms. The number of fused-ring (bicyclic) bond motifs is 2. The van der Waals surface area contributed by atoms with E-state index in [2.05, 4.69) is 82.8 Å². The molecule has 252 valence electrons. The Morgan fingerprint density at radius 1 is 0.583 bits per heavy atom. The largest absolute Gasteiger partial charge is 0.493 e. The van der Waals surface area contributed by atoms with Gasteiger partial charge in [0.15, 0.2) is 34.5 Å². The summed E-state index contributed by atoms with van der Waals surface area (Å²) in [6.07, 6.45) is 3.47. The molecule has 8 rings (SSSR count). The quantitative estimate of drug-likeness (QED) is 0.214. The fraction of sp³-hybridized carbons (Fsp3) is 0.400. The number of likely N-dealkylation sites (N-methyl/N-ethyl adjacent to an activating group) is 2. The van der Waals surface area contributed by atoms with E-state index in [4.69, 9.17) is 28.4 Å². The van der Waals surface area contributed by atoms with Crippen LogP contribution in [-0.4, -0.2) is 78.7 Å². The Morgan fingerprint density at radius 3 is 1.88 bits per heavy atom. The predicted octanol–water partition coefficient (Wildman–Crippen LogP) is 7.45. The van der Waals surface area contributed by atoms with E-state index in [0.29, 0.717) is 34.5 Å². The molecule has 0 radical (unpaired) electrons. The van der Waals surface area contributed by atoms with Crippen molar-refractivity contribution in [3.05, 3.63) is 94.0 Å². The molecule has 0 saturated carbocycles. The third kappa shape index (κ3) is 5.61. The molecule has 2 atom stereocenters. The van der Waals surface area contributed by atoms with Crippen LogP contribution in [0.5, 0.6) is 46.0 Å². The van der Waals surface area contributed by atoms with E-state index < -0.39 is 0 Å². The van der Waals surface area contributed by atoms with E-state index in [0.717, 1.165) is 70.4 Å². The maximum absolute atomic E-state index is 7.14. The molecule has 4 heterocycles. The molecule has 0 aromatic heterocycles. The molecule has 4 aromatic carbocycles. The number of ether oxygens (including phenoxy) is 6.